The first-order chi connectivity index (χ1) is 6.51. The first kappa shape index (κ1) is 9.69. The van der Waals surface area contributed by atoms with Crippen LogP contribution in [0.25, 0.3) is 0 Å². The maximum Gasteiger partial charge on any atom is 0.0582 e. The molecular formula is C12H17NO. The van der Waals surface area contributed by atoms with Crippen molar-refractivity contribution < 1.29 is 5.11 Å². The van der Waals surface area contributed by atoms with Gasteiger partial charge in [0.2, 0.25) is 0 Å². The summed E-state index contributed by atoms with van der Waals surface area (Å²) in [4.78, 5) is 0. The molecule has 1 aliphatic carbocycles. The van der Waals surface area contributed by atoms with Crippen molar-refractivity contribution in [2.75, 3.05) is 0 Å². The van der Waals surface area contributed by atoms with Crippen LogP contribution < -0.4 is 5.73 Å². The minimum atomic E-state index is -0.280. The standard InChI is InChI=1S/C12H17NO/c1-8-3-4-10(5-9(8)2)12(13)6-11(14)7-12/h3-5,11,14H,6-7,13H2,1-2H3. The van der Waals surface area contributed by atoms with Gasteiger partial charge in [0.15, 0.2) is 0 Å². The smallest absolute Gasteiger partial charge is 0.0582 e. The molecule has 0 radical (unpaired) electrons. The SMILES string of the molecule is Cc1ccc(C2(N)CC(O)C2)cc1C. The molecule has 76 valence electrons. The van der Waals surface area contributed by atoms with Crippen molar-refractivity contribution >= 4 is 0 Å². The predicted octanol–water partition coefficient (Wildman–Crippen LogP) is 1.61. The Hall–Kier alpha value is -0.860. The second-order valence-corrected chi connectivity index (χ2v) is 4.52. The number of hydrogen-bond acceptors (Lipinski definition) is 2. The fraction of sp³-hybridized carbons (Fsp3) is 0.500. The Morgan fingerprint density at radius 1 is 1.29 bits per heavy atom. The molecule has 2 heteroatoms. The number of benzene rings is 1. The van der Waals surface area contributed by atoms with Crippen LogP contribution in [-0.4, -0.2) is 11.2 Å². The van der Waals surface area contributed by atoms with Crippen LogP contribution in [0.3, 0.4) is 0 Å². The predicted molar refractivity (Wildman–Crippen MR) is 57.0 cm³/mol. The van der Waals surface area contributed by atoms with Crippen LogP contribution in [0.4, 0.5) is 0 Å². The second-order valence-electron chi connectivity index (χ2n) is 4.52. The molecule has 1 aromatic carbocycles. The summed E-state index contributed by atoms with van der Waals surface area (Å²) < 4.78 is 0. The Morgan fingerprint density at radius 2 is 1.93 bits per heavy atom. The largest absolute Gasteiger partial charge is 0.393 e. The first-order valence-electron chi connectivity index (χ1n) is 5.06. The summed E-state index contributed by atoms with van der Waals surface area (Å²) in [6.45, 7) is 4.19. The number of aryl methyl sites for hydroxylation is 2. The maximum atomic E-state index is 9.29. The van der Waals surface area contributed by atoms with Gasteiger partial charge < -0.3 is 10.8 Å². The molecule has 0 aliphatic heterocycles. The first-order valence-corrected chi connectivity index (χ1v) is 5.06. The normalized spacial score (nSPS) is 31.3. The van der Waals surface area contributed by atoms with Crippen LogP contribution in [0.1, 0.15) is 29.5 Å². The number of nitrogens with two attached hydrogens (primary N) is 1. The molecule has 0 aromatic heterocycles. The molecule has 1 fully saturated rings. The highest BCUT2D eigenvalue weighted by Crippen LogP contribution is 2.39. The molecule has 14 heavy (non-hydrogen) atoms. The highest BCUT2D eigenvalue weighted by molar-refractivity contribution is 5.35. The van der Waals surface area contributed by atoms with Crippen LogP contribution in [-0.2, 0) is 5.54 Å². The van der Waals surface area contributed by atoms with E-state index in [1.54, 1.807) is 0 Å². The third-order valence-electron chi connectivity index (χ3n) is 3.28. The molecule has 0 atom stereocenters. The zero-order valence-electron chi connectivity index (χ0n) is 8.75. The summed E-state index contributed by atoms with van der Waals surface area (Å²) in [6, 6.07) is 6.32. The zero-order chi connectivity index (χ0) is 10.3. The van der Waals surface area contributed by atoms with Crippen LogP contribution in [0.5, 0.6) is 0 Å². The minimum absolute atomic E-state index is 0.207. The summed E-state index contributed by atoms with van der Waals surface area (Å²) in [5.74, 6) is 0. The molecular weight excluding hydrogens is 174 g/mol. The summed E-state index contributed by atoms with van der Waals surface area (Å²) in [5.41, 5.74) is 9.61. The average molecular weight is 191 g/mol. The van der Waals surface area contributed by atoms with Gasteiger partial charge in [-0.05, 0) is 43.4 Å². The van der Waals surface area contributed by atoms with Gasteiger partial charge in [-0.2, -0.15) is 0 Å². The Balaban J connectivity index is 2.29. The lowest BCUT2D eigenvalue weighted by Crippen LogP contribution is -2.51. The van der Waals surface area contributed by atoms with E-state index in [0.717, 1.165) is 5.56 Å². The highest BCUT2D eigenvalue weighted by atomic mass is 16.3. The third-order valence-corrected chi connectivity index (χ3v) is 3.28. The molecule has 0 bridgehead atoms. The lowest BCUT2D eigenvalue weighted by molar-refractivity contribution is 0.0209. The van der Waals surface area contributed by atoms with Crippen molar-refractivity contribution in [3.8, 4) is 0 Å². The lowest BCUT2D eigenvalue weighted by Gasteiger charge is -2.42. The summed E-state index contributed by atoms with van der Waals surface area (Å²) >= 11 is 0. The van der Waals surface area contributed by atoms with Gasteiger partial charge in [0.25, 0.3) is 0 Å². The fourth-order valence-electron chi connectivity index (χ4n) is 2.07. The summed E-state index contributed by atoms with van der Waals surface area (Å²) in [7, 11) is 0. The number of aliphatic hydroxyl groups excluding tert-OH is 1. The van der Waals surface area contributed by atoms with E-state index in [1.165, 1.54) is 11.1 Å². The van der Waals surface area contributed by atoms with Crippen molar-refractivity contribution in [1.82, 2.24) is 0 Å². The molecule has 2 rings (SSSR count). The van der Waals surface area contributed by atoms with E-state index in [0.29, 0.717) is 12.8 Å². The topological polar surface area (TPSA) is 46.2 Å². The maximum absolute atomic E-state index is 9.29. The molecule has 1 aromatic rings. The Morgan fingerprint density at radius 3 is 2.43 bits per heavy atom. The zero-order valence-corrected chi connectivity index (χ0v) is 8.75. The molecule has 0 heterocycles. The Labute approximate surface area is 84.7 Å². The van der Waals surface area contributed by atoms with Crippen molar-refractivity contribution in [3.05, 3.63) is 34.9 Å². The van der Waals surface area contributed by atoms with Gasteiger partial charge in [-0.25, -0.2) is 0 Å². The number of rotatable bonds is 1. The molecule has 2 nitrogen and oxygen atoms in total. The second kappa shape index (κ2) is 3.07. The van der Waals surface area contributed by atoms with Crippen molar-refractivity contribution in [3.63, 3.8) is 0 Å². The lowest BCUT2D eigenvalue weighted by atomic mass is 9.70. The van der Waals surface area contributed by atoms with Crippen molar-refractivity contribution in [1.29, 1.82) is 0 Å². The molecule has 1 saturated carbocycles. The fourth-order valence-corrected chi connectivity index (χ4v) is 2.07. The molecule has 0 saturated heterocycles. The number of hydrogen-bond donors (Lipinski definition) is 2. The Bertz CT molecular complexity index is 353. The van der Waals surface area contributed by atoms with E-state index < -0.39 is 0 Å². The average Bonchev–Trinajstić information content (AvgIpc) is 2.07. The van der Waals surface area contributed by atoms with Gasteiger partial charge >= 0.3 is 0 Å². The van der Waals surface area contributed by atoms with Crippen LogP contribution in [0.2, 0.25) is 0 Å². The Kier molecular flexibility index (Phi) is 2.13. The van der Waals surface area contributed by atoms with E-state index in [2.05, 4.69) is 32.0 Å². The quantitative estimate of drug-likeness (QED) is 0.708. The van der Waals surface area contributed by atoms with E-state index in [1.807, 2.05) is 0 Å². The van der Waals surface area contributed by atoms with Crippen LogP contribution in [0, 0.1) is 13.8 Å². The third kappa shape index (κ3) is 1.45. The highest BCUT2D eigenvalue weighted by Gasteiger charge is 2.41. The van der Waals surface area contributed by atoms with Gasteiger partial charge in [0.05, 0.1) is 6.10 Å². The van der Waals surface area contributed by atoms with Gasteiger partial charge in [0, 0.05) is 5.54 Å². The monoisotopic (exact) mass is 191 g/mol. The molecule has 1 aliphatic rings. The van der Waals surface area contributed by atoms with Crippen LogP contribution >= 0.6 is 0 Å². The van der Waals surface area contributed by atoms with Crippen molar-refractivity contribution in [2.45, 2.75) is 38.3 Å². The molecule has 0 spiro atoms. The molecule has 0 unspecified atom stereocenters. The van der Waals surface area contributed by atoms with Gasteiger partial charge in [0.1, 0.15) is 0 Å². The minimum Gasteiger partial charge on any atom is -0.393 e. The molecule has 3 N–H and O–H groups in total. The van der Waals surface area contributed by atoms with Crippen molar-refractivity contribution in [2.24, 2.45) is 5.73 Å². The number of aliphatic hydroxyl groups is 1. The van der Waals surface area contributed by atoms with Gasteiger partial charge in [-0.15, -0.1) is 0 Å². The van der Waals surface area contributed by atoms with E-state index in [4.69, 9.17) is 5.73 Å². The molecule has 0 amide bonds. The summed E-state index contributed by atoms with van der Waals surface area (Å²) in [6.07, 6.45) is 1.17. The summed E-state index contributed by atoms with van der Waals surface area (Å²) in [5, 5.41) is 9.29. The van der Waals surface area contributed by atoms with E-state index >= 15 is 0 Å². The van der Waals surface area contributed by atoms with Gasteiger partial charge in [-0.3, -0.25) is 0 Å². The van der Waals surface area contributed by atoms with E-state index in [-0.39, 0.29) is 11.6 Å². The van der Waals surface area contributed by atoms with E-state index in [9.17, 15) is 5.11 Å². The van der Waals surface area contributed by atoms with Gasteiger partial charge in [-0.1, -0.05) is 18.2 Å². The van der Waals surface area contributed by atoms with Crippen LogP contribution in [0.15, 0.2) is 18.2 Å².